The van der Waals surface area contributed by atoms with Crippen LogP contribution in [0.5, 0.6) is 0 Å². The van der Waals surface area contributed by atoms with Crippen molar-refractivity contribution in [2.75, 3.05) is 48.8 Å². The van der Waals surface area contributed by atoms with E-state index in [2.05, 4.69) is 20.3 Å². The first kappa shape index (κ1) is 17.3. The molecule has 0 unspecified atom stereocenters. The van der Waals surface area contributed by atoms with Crippen molar-refractivity contribution in [3.63, 3.8) is 0 Å². The third-order valence-corrected chi connectivity index (χ3v) is 2.95. The second-order valence-electron chi connectivity index (χ2n) is 4.47. The number of anilines is 3. The molecule has 0 amide bonds. The topological polar surface area (TPSA) is 57.2 Å². The van der Waals surface area contributed by atoms with Crippen LogP contribution in [0.25, 0.3) is 0 Å². The predicted octanol–water partition coefficient (Wildman–Crippen LogP) is 2.15. The lowest BCUT2D eigenvalue weighted by molar-refractivity contribution is -0.132. The Kier molecular flexibility index (Phi) is 5.98. The van der Waals surface area contributed by atoms with E-state index < -0.39 is 12.6 Å². The predicted molar refractivity (Wildman–Crippen MR) is 76.9 cm³/mol. The maximum Gasteiger partial charge on any atom is 0.390 e. The van der Waals surface area contributed by atoms with E-state index in [-0.39, 0.29) is 12.5 Å². The molecule has 0 aliphatic heterocycles. The van der Waals surface area contributed by atoms with Gasteiger partial charge in [0, 0.05) is 33.7 Å². The third kappa shape index (κ3) is 5.24. The van der Waals surface area contributed by atoms with Crippen LogP contribution in [0.15, 0.2) is 0 Å². The van der Waals surface area contributed by atoms with Crippen LogP contribution in [-0.4, -0.2) is 54.9 Å². The van der Waals surface area contributed by atoms with E-state index in [0.717, 1.165) is 0 Å². The molecule has 0 aliphatic carbocycles. The minimum atomic E-state index is -4.20. The van der Waals surface area contributed by atoms with Gasteiger partial charge in [0.05, 0.1) is 6.42 Å². The zero-order chi connectivity index (χ0) is 16.0. The lowest BCUT2D eigenvalue weighted by Crippen LogP contribution is -2.29. The van der Waals surface area contributed by atoms with Crippen molar-refractivity contribution in [1.82, 2.24) is 15.0 Å². The second-order valence-corrected chi connectivity index (χ2v) is 4.47. The van der Waals surface area contributed by atoms with Crippen LogP contribution in [0.2, 0.25) is 0 Å². The molecule has 1 heterocycles. The molecule has 1 rings (SSSR count). The average molecular weight is 306 g/mol. The van der Waals surface area contributed by atoms with Gasteiger partial charge >= 0.3 is 6.18 Å². The number of alkyl halides is 3. The van der Waals surface area contributed by atoms with E-state index in [0.29, 0.717) is 25.0 Å². The molecule has 21 heavy (non-hydrogen) atoms. The molecule has 6 nitrogen and oxygen atoms in total. The molecule has 0 fully saturated rings. The zero-order valence-corrected chi connectivity index (χ0v) is 12.7. The number of hydrogen-bond donors (Lipinski definition) is 1. The van der Waals surface area contributed by atoms with Crippen LogP contribution in [0.4, 0.5) is 31.0 Å². The minimum Gasteiger partial charge on any atom is -0.357 e. The normalized spacial score (nSPS) is 11.4. The monoisotopic (exact) mass is 306 g/mol. The standard InChI is InChI=1S/C12H21F3N6/c1-5-21(6-2)11-18-9(16-3)17-10(19-11)20(4)8-7-12(13,14)15/h5-8H2,1-4H3,(H,16,17,18,19). The summed E-state index contributed by atoms with van der Waals surface area (Å²) in [6, 6.07) is 0. The highest BCUT2D eigenvalue weighted by Gasteiger charge is 2.27. The summed E-state index contributed by atoms with van der Waals surface area (Å²) >= 11 is 0. The fraction of sp³-hybridized carbons (Fsp3) is 0.750. The van der Waals surface area contributed by atoms with E-state index in [1.165, 1.54) is 11.9 Å². The summed E-state index contributed by atoms with van der Waals surface area (Å²) in [5.74, 6) is 1.01. The quantitative estimate of drug-likeness (QED) is 0.833. The highest BCUT2D eigenvalue weighted by molar-refractivity contribution is 5.44. The number of hydrogen-bond acceptors (Lipinski definition) is 6. The fourth-order valence-corrected chi connectivity index (χ4v) is 1.68. The molecular formula is C12H21F3N6. The molecule has 0 spiro atoms. The maximum absolute atomic E-state index is 12.3. The molecule has 0 bridgehead atoms. The number of aromatic nitrogens is 3. The molecule has 1 aromatic rings. The van der Waals surface area contributed by atoms with Crippen molar-refractivity contribution in [3.8, 4) is 0 Å². The Morgan fingerprint density at radius 2 is 1.62 bits per heavy atom. The Balaban J connectivity index is 2.97. The summed E-state index contributed by atoms with van der Waals surface area (Å²) in [6.07, 6.45) is -5.11. The SMILES string of the molecule is CCN(CC)c1nc(NC)nc(N(C)CCC(F)(F)F)n1. The van der Waals surface area contributed by atoms with E-state index in [9.17, 15) is 13.2 Å². The lowest BCUT2D eigenvalue weighted by Gasteiger charge is -2.22. The van der Waals surface area contributed by atoms with Crippen LogP contribution in [0.3, 0.4) is 0 Å². The van der Waals surface area contributed by atoms with Crippen LogP contribution in [0, 0.1) is 0 Å². The van der Waals surface area contributed by atoms with E-state index in [1.54, 1.807) is 7.05 Å². The smallest absolute Gasteiger partial charge is 0.357 e. The molecule has 9 heteroatoms. The van der Waals surface area contributed by atoms with Gasteiger partial charge < -0.3 is 15.1 Å². The largest absolute Gasteiger partial charge is 0.390 e. The summed E-state index contributed by atoms with van der Waals surface area (Å²) in [4.78, 5) is 15.9. The fourth-order valence-electron chi connectivity index (χ4n) is 1.68. The zero-order valence-electron chi connectivity index (χ0n) is 12.7. The highest BCUT2D eigenvalue weighted by atomic mass is 19.4. The average Bonchev–Trinajstić information content (AvgIpc) is 2.45. The Morgan fingerprint density at radius 3 is 2.10 bits per heavy atom. The Labute approximate surface area is 122 Å². The number of nitrogens with one attached hydrogen (secondary N) is 1. The van der Waals surface area contributed by atoms with E-state index in [4.69, 9.17) is 0 Å². The molecule has 0 saturated heterocycles. The van der Waals surface area contributed by atoms with Gasteiger partial charge in [-0.2, -0.15) is 28.1 Å². The van der Waals surface area contributed by atoms with Crippen LogP contribution < -0.4 is 15.1 Å². The molecular weight excluding hydrogens is 285 g/mol. The third-order valence-electron chi connectivity index (χ3n) is 2.95. The summed E-state index contributed by atoms with van der Waals surface area (Å²) in [6.45, 7) is 5.12. The van der Waals surface area contributed by atoms with Crippen molar-refractivity contribution in [2.45, 2.75) is 26.4 Å². The molecule has 1 N–H and O–H groups in total. The minimum absolute atomic E-state index is 0.200. The molecule has 0 aromatic carbocycles. The first-order valence-corrected chi connectivity index (χ1v) is 6.77. The summed E-state index contributed by atoms with van der Waals surface area (Å²) in [5.41, 5.74) is 0. The van der Waals surface area contributed by atoms with Gasteiger partial charge in [0.25, 0.3) is 0 Å². The Hall–Kier alpha value is -1.80. The number of halogens is 3. The van der Waals surface area contributed by atoms with Crippen molar-refractivity contribution < 1.29 is 13.2 Å². The van der Waals surface area contributed by atoms with Gasteiger partial charge in [-0.1, -0.05) is 0 Å². The maximum atomic E-state index is 12.3. The van der Waals surface area contributed by atoms with Crippen molar-refractivity contribution in [1.29, 1.82) is 0 Å². The number of rotatable bonds is 7. The summed E-state index contributed by atoms with van der Waals surface area (Å²) < 4.78 is 36.9. The van der Waals surface area contributed by atoms with E-state index in [1.807, 2.05) is 18.7 Å². The summed E-state index contributed by atoms with van der Waals surface area (Å²) in [7, 11) is 3.19. The van der Waals surface area contributed by atoms with Gasteiger partial charge in [-0.3, -0.25) is 0 Å². The molecule has 1 aromatic heterocycles. The molecule has 0 aliphatic rings. The Morgan fingerprint density at radius 1 is 1.05 bits per heavy atom. The molecule has 120 valence electrons. The van der Waals surface area contributed by atoms with E-state index >= 15 is 0 Å². The first-order chi connectivity index (χ1) is 9.80. The molecule has 0 saturated carbocycles. The Bertz CT molecular complexity index is 447. The van der Waals surface area contributed by atoms with Crippen LogP contribution in [-0.2, 0) is 0 Å². The van der Waals surface area contributed by atoms with Gasteiger partial charge in [-0.05, 0) is 13.8 Å². The van der Waals surface area contributed by atoms with Gasteiger partial charge in [0.1, 0.15) is 0 Å². The van der Waals surface area contributed by atoms with Crippen molar-refractivity contribution >= 4 is 17.8 Å². The summed E-state index contributed by atoms with van der Waals surface area (Å²) in [5, 5.41) is 2.80. The first-order valence-electron chi connectivity index (χ1n) is 6.77. The van der Waals surface area contributed by atoms with Gasteiger partial charge in [0.2, 0.25) is 17.8 Å². The van der Waals surface area contributed by atoms with Gasteiger partial charge in [0.15, 0.2) is 0 Å². The highest BCUT2D eigenvalue weighted by Crippen LogP contribution is 2.21. The molecule has 0 atom stereocenters. The molecule has 0 radical (unpaired) electrons. The van der Waals surface area contributed by atoms with Crippen molar-refractivity contribution in [2.24, 2.45) is 0 Å². The van der Waals surface area contributed by atoms with Gasteiger partial charge in [-0.25, -0.2) is 0 Å². The van der Waals surface area contributed by atoms with Crippen molar-refractivity contribution in [3.05, 3.63) is 0 Å². The second kappa shape index (κ2) is 7.28. The lowest BCUT2D eigenvalue weighted by atomic mass is 10.4. The van der Waals surface area contributed by atoms with Crippen LogP contribution >= 0.6 is 0 Å². The van der Waals surface area contributed by atoms with Crippen LogP contribution in [0.1, 0.15) is 20.3 Å². The number of nitrogens with zero attached hydrogens (tertiary/aromatic N) is 5. The van der Waals surface area contributed by atoms with Gasteiger partial charge in [-0.15, -0.1) is 0 Å².